The highest BCUT2D eigenvalue weighted by Crippen LogP contribution is 2.10. The van der Waals surface area contributed by atoms with E-state index in [9.17, 15) is 9.59 Å². The first-order valence-corrected chi connectivity index (χ1v) is 8.09. The van der Waals surface area contributed by atoms with E-state index in [1.807, 2.05) is 27.7 Å². The molecule has 1 unspecified atom stereocenters. The molecule has 0 bridgehead atoms. The average Bonchev–Trinajstić information content (AvgIpc) is 2.53. The lowest BCUT2D eigenvalue weighted by Crippen LogP contribution is -2.35. The number of amides is 1. The quantitative estimate of drug-likeness (QED) is 0.400. The Morgan fingerprint density at radius 3 is 2.32 bits per heavy atom. The van der Waals surface area contributed by atoms with Crippen LogP contribution in [0.5, 0.6) is 0 Å². The predicted molar refractivity (Wildman–Crippen MR) is 102 cm³/mol. The highest BCUT2D eigenvalue weighted by Gasteiger charge is 2.16. The Balaban J connectivity index is 0. The van der Waals surface area contributed by atoms with E-state index in [0.29, 0.717) is 17.6 Å². The van der Waals surface area contributed by atoms with Crippen LogP contribution < -0.4 is 5.32 Å². The Morgan fingerprint density at radius 2 is 1.96 bits per heavy atom. The van der Waals surface area contributed by atoms with Gasteiger partial charge >= 0.3 is 5.97 Å². The van der Waals surface area contributed by atoms with E-state index < -0.39 is 12.0 Å². The number of nitrogens with one attached hydrogen (secondary N) is 1. The van der Waals surface area contributed by atoms with E-state index >= 15 is 0 Å². The number of carbonyl (C=O) groups excluding carboxylic acids is 1. The minimum atomic E-state index is -1.09. The van der Waals surface area contributed by atoms with Gasteiger partial charge in [0, 0.05) is 25.5 Å². The molecular weight excluding hydrogens is 318 g/mol. The number of ether oxygens (including phenoxy) is 1. The molecule has 5 heteroatoms. The molecule has 5 nitrogen and oxygen atoms in total. The summed E-state index contributed by atoms with van der Waals surface area (Å²) in [6.45, 7) is 15.5. The summed E-state index contributed by atoms with van der Waals surface area (Å²) in [4.78, 5) is 21.2. The fourth-order valence-electron chi connectivity index (χ4n) is 1.30. The molecule has 140 valence electrons. The van der Waals surface area contributed by atoms with Crippen molar-refractivity contribution in [3.8, 4) is 11.8 Å². The van der Waals surface area contributed by atoms with Crippen molar-refractivity contribution in [2.24, 2.45) is 0 Å². The van der Waals surface area contributed by atoms with Crippen LogP contribution in [0.15, 0.2) is 36.5 Å². The molecular formula is C20H31NO4. The number of aliphatic carboxylic acids is 1. The molecule has 0 aliphatic rings. The lowest BCUT2D eigenvalue weighted by atomic mass is 10.0. The van der Waals surface area contributed by atoms with Crippen LogP contribution >= 0.6 is 0 Å². The Bertz CT molecular complexity index is 530. The van der Waals surface area contributed by atoms with Gasteiger partial charge in [0.2, 0.25) is 6.41 Å². The lowest BCUT2D eigenvalue weighted by molar-refractivity contribution is -0.140. The van der Waals surface area contributed by atoms with Crippen molar-refractivity contribution >= 4 is 12.4 Å². The standard InChI is InChI=1S/C15H19NO3.C5H12O/c1-4-6-7-8-12(3)9-13(5-2)10-14(15(18)19)16-11-17;1-5(2,3)6-4/h5,9,11,14H,2-4,6,10H2,1H3,(H,16,17)(H,18,19);1-4H3/b13-9+;. The molecule has 0 aromatic carbocycles. The number of hydrogen-bond donors (Lipinski definition) is 2. The average molecular weight is 349 g/mol. The van der Waals surface area contributed by atoms with Crippen LogP contribution in [0.4, 0.5) is 0 Å². The molecule has 0 fully saturated rings. The molecule has 0 aliphatic carbocycles. The minimum Gasteiger partial charge on any atom is -0.480 e. The van der Waals surface area contributed by atoms with Gasteiger partial charge in [0.1, 0.15) is 6.04 Å². The van der Waals surface area contributed by atoms with Crippen molar-refractivity contribution in [1.29, 1.82) is 0 Å². The fourth-order valence-corrected chi connectivity index (χ4v) is 1.30. The second kappa shape index (κ2) is 14.1. The van der Waals surface area contributed by atoms with Crippen LogP contribution in [-0.2, 0) is 14.3 Å². The number of carboxylic acid groups (broad SMARTS) is 1. The highest BCUT2D eigenvalue weighted by molar-refractivity contribution is 5.76. The SMILES string of the molecule is C=C/C(=C\C(=C)C#CCCC)CC(NC=O)C(=O)O.COC(C)(C)C. The molecule has 0 saturated carbocycles. The highest BCUT2D eigenvalue weighted by atomic mass is 16.5. The lowest BCUT2D eigenvalue weighted by Gasteiger charge is -2.14. The van der Waals surface area contributed by atoms with E-state index in [1.165, 1.54) is 6.08 Å². The molecule has 0 heterocycles. The van der Waals surface area contributed by atoms with Gasteiger partial charge in [-0.1, -0.05) is 38.0 Å². The first-order chi connectivity index (χ1) is 11.6. The largest absolute Gasteiger partial charge is 0.480 e. The summed E-state index contributed by atoms with van der Waals surface area (Å²) >= 11 is 0. The normalized spacial score (nSPS) is 11.8. The zero-order valence-electron chi connectivity index (χ0n) is 16.0. The summed E-state index contributed by atoms with van der Waals surface area (Å²) in [6, 6.07) is -0.974. The van der Waals surface area contributed by atoms with Gasteiger partial charge in [-0.15, -0.1) is 0 Å². The third-order valence-corrected chi connectivity index (χ3v) is 2.87. The molecule has 1 amide bonds. The van der Waals surface area contributed by atoms with Crippen molar-refractivity contribution in [1.82, 2.24) is 5.32 Å². The number of carboxylic acids is 1. The number of rotatable bonds is 8. The van der Waals surface area contributed by atoms with Crippen molar-refractivity contribution in [2.75, 3.05) is 7.11 Å². The molecule has 0 aliphatic heterocycles. The maximum atomic E-state index is 10.9. The minimum absolute atomic E-state index is 0.0417. The third kappa shape index (κ3) is 16.3. The van der Waals surface area contributed by atoms with E-state index in [2.05, 4.69) is 30.3 Å². The molecule has 0 saturated heterocycles. The van der Waals surface area contributed by atoms with Crippen LogP contribution in [0.25, 0.3) is 0 Å². The number of allylic oxidation sites excluding steroid dienone is 3. The topological polar surface area (TPSA) is 75.6 Å². The van der Waals surface area contributed by atoms with E-state index in [1.54, 1.807) is 13.2 Å². The van der Waals surface area contributed by atoms with Gasteiger partial charge in [0.05, 0.1) is 5.60 Å². The second-order valence-electron chi connectivity index (χ2n) is 6.20. The molecule has 0 spiro atoms. The molecule has 2 N–H and O–H groups in total. The van der Waals surface area contributed by atoms with Crippen LogP contribution in [-0.4, -0.2) is 36.2 Å². The van der Waals surface area contributed by atoms with Crippen LogP contribution in [0.3, 0.4) is 0 Å². The summed E-state index contributed by atoms with van der Waals surface area (Å²) in [5.74, 6) is 4.73. The Labute approximate surface area is 151 Å². The fraction of sp³-hybridized carbons (Fsp3) is 0.500. The van der Waals surface area contributed by atoms with Crippen molar-refractivity contribution < 1.29 is 19.4 Å². The maximum absolute atomic E-state index is 10.9. The summed E-state index contributed by atoms with van der Waals surface area (Å²) in [5, 5.41) is 11.2. The molecule has 0 aromatic heterocycles. The zero-order valence-corrected chi connectivity index (χ0v) is 16.0. The van der Waals surface area contributed by atoms with Gasteiger partial charge in [-0.2, -0.15) is 0 Å². The van der Waals surface area contributed by atoms with Gasteiger partial charge in [-0.05, 0) is 38.8 Å². The zero-order chi connectivity index (χ0) is 19.9. The van der Waals surface area contributed by atoms with E-state index in [4.69, 9.17) is 9.84 Å². The molecule has 0 rings (SSSR count). The van der Waals surface area contributed by atoms with Crippen molar-refractivity contribution in [3.05, 3.63) is 36.5 Å². The summed E-state index contributed by atoms with van der Waals surface area (Å²) in [5.41, 5.74) is 1.30. The molecule has 0 aromatic rings. The first kappa shape index (κ1) is 24.9. The smallest absolute Gasteiger partial charge is 0.326 e. The van der Waals surface area contributed by atoms with Gasteiger partial charge in [0.25, 0.3) is 0 Å². The van der Waals surface area contributed by atoms with Gasteiger partial charge in [-0.25, -0.2) is 4.79 Å². The van der Waals surface area contributed by atoms with Gasteiger partial charge in [-0.3, -0.25) is 4.79 Å². The van der Waals surface area contributed by atoms with Gasteiger partial charge < -0.3 is 15.2 Å². The number of methoxy groups -OCH3 is 1. The monoisotopic (exact) mass is 349 g/mol. The van der Waals surface area contributed by atoms with Crippen molar-refractivity contribution in [2.45, 2.75) is 58.6 Å². The Kier molecular flexibility index (Phi) is 14.0. The van der Waals surface area contributed by atoms with Crippen molar-refractivity contribution in [3.63, 3.8) is 0 Å². The molecule has 25 heavy (non-hydrogen) atoms. The van der Waals surface area contributed by atoms with Gasteiger partial charge in [0.15, 0.2) is 0 Å². The number of carbonyl (C=O) groups is 2. The maximum Gasteiger partial charge on any atom is 0.326 e. The summed E-state index contributed by atoms with van der Waals surface area (Å²) < 4.78 is 4.94. The molecule has 1 atom stereocenters. The predicted octanol–water partition coefficient (Wildman–Crippen LogP) is 3.48. The number of unbranched alkanes of at least 4 members (excludes halogenated alkanes) is 1. The van der Waals surface area contributed by atoms with Crippen LogP contribution in [0.2, 0.25) is 0 Å². The Hall–Kier alpha value is -2.32. The third-order valence-electron chi connectivity index (χ3n) is 2.87. The Morgan fingerprint density at radius 1 is 1.40 bits per heavy atom. The summed E-state index contributed by atoms with van der Waals surface area (Å²) in [6.07, 6.45) is 5.50. The van der Waals surface area contributed by atoms with E-state index in [-0.39, 0.29) is 12.0 Å². The first-order valence-electron chi connectivity index (χ1n) is 8.09. The molecule has 0 radical (unpaired) electrons. The number of hydrogen-bond acceptors (Lipinski definition) is 3. The summed E-state index contributed by atoms with van der Waals surface area (Å²) in [7, 11) is 1.71. The van der Waals surface area contributed by atoms with Crippen LogP contribution in [0, 0.1) is 11.8 Å². The van der Waals surface area contributed by atoms with E-state index in [0.717, 1.165) is 12.8 Å². The second-order valence-corrected chi connectivity index (χ2v) is 6.20. The van der Waals surface area contributed by atoms with Crippen LogP contribution in [0.1, 0.15) is 47.0 Å².